The first-order valence-corrected chi connectivity index (χ1v) is 6.11. The fourth-order valence-electron chi connectivity index (χ4n) is 1.46. The van der Waals surface area contributed by atoms with Crippen LogP contribution in [0, 0.1) is 0 Å². The molecule has 104 valence electrons. The Labute approximate surface area is 112 Å². The van der Waals surface area contributed by atoms with Crippen LogP contribution in [0.3, 0.4) is 0 Å². The van der Waals surface area contributed by atoms with Crippen LogP contribution in [0.5, 0.6) is 0 Å². The highest BCUT2D eigenvalue weighted by molar-refractivity contribution is 5.92. The van der Waals surface area contributed by atoms with Crippen molar-refractivity contribution in [3.05, 3.63) is 35.4 Å². The third-order valence-electron chi connectivity index (χ3n) is 2.40. The number of nitrogens with one attached hydrogen (secondary N) is 2. The standard InChI is InChI=1S/C13H19N3O3/c1-2-19-7-6-15-13(18)16-9-10-4-3-5-11(8-10)12(14)17/h3-5,8H,2,6-7,9H2,1H3,(H2,14,17)(H2,15,16,18). The average Bonchev–Trinajstić information content (AvgIpc) is 2.41. The van der Waals surface area contributed by atoms with E-state index in [2.05, 4.69) is 10.6 Å². The number of urea groups is 1. The van der Waals surface area contributed by atoms with Crippen molar-refractivity contribution < 1.29 is 14.3 Å². The number of amides is 3. The molecule has 0 aliphatic heterocycles. The predicted octanol–water partition coefficient (Wildman–Crippen LogP) is 0.621. The number of carbonyl (C=O) groups is 2. The molecule has 0 heterocycles. The van der Waals surface area contributed by atoms with E-state index in [-0.39, 0.29) is 6.03 Å². The van der Waals surface area contributed by atoms with Gasteiger partial charge in [-0.3, -0.25) is 4.79 Å². The number of ether oxygens (including phenoxy) is 1. The Hall–Kier alpha value is -2.08. The second-order valence-electron chi connectivity index (χ2n) is 3.87. The van der Waals surface area contributed by atoms with Crippen molar-refractivity contribution in [2.75, 3.05) is 19.8 Å². The summed E-state index contributed by atoms with van der Waals surface area (Å²) < 4.78 is 5.09. The van der Waals surface area contributed by atoms with Gasteiger partial charge in [0.2, 0.25) is 5.91 Å². The number of nitrogens with two attached hydrogens (primary N) is 1. The lowest BCUT2D eigenvalue weighted by molar-refractivity contribution is 0.1000. The van der Waals surface area contributed by atoms with E-state index >= 15 is 0 Å². The number of primary amides is 1. The number of rotatable bonds is 7. The Balaban J connectivity index is 2.33. The van der Waals surface area contributed by atoms with Gasteiger partial charge in [-0.15, -0.1) is 0 Å². The summed E-state index contributed by atoms with van der Waals surface area (Å²) in [4.78, 5) is 22.4. The fourth-order valence-corrected chi connectivity index (χ4v) is 1.46. The Kier molecular flexibility index (Phi) is 6.38. The minimum absolute atomic E-state index is 0.274. The zero-order valence-electron chi connectivity index (χ0n) is 10.9. The van der Waals surface area contributed by atoms with Crippen LogP contribution in [0.1, 0.15) is 22.8 Å². The SMILES string of the molecule is CCOCCNC(=O)NCc1cccc(C(N)=O)c1. The van der Waals surface area contributed by atoms with E-state index in [9.17, 15) is 9.59 Å². The van der Waals surface area contributed by atoms with Crippen LogP contribution in [0.15, 0.2) is 24.3 Å². The molecule has 0 unspecified atom stereocenters. The van der Waals surface area contributed by atoms with E-state index in [4.69, 9.17) is 10.5 Å². The van der Waals surface area contributed by atoms with Crippen LogP contribution in [0.2, 0.25) is 0 Å². The van der Waals surface area contributed by atoms with E-state index in [1.165, 1.54) is 0 Å². The van der Waals surface area contributed by atoms with Crippen LogP contribution in [-0.4, -0.2) is 31.7 Å². The van der Waals surface area contributed by atoms with Gasteiger partial charge in [-0.1, -0.05) is 12.1 Å². The minimum Gasteiger partial charge on any atom is -0.380 e. The number of hydrogen-bond acceptors (Lipinski definition) is 3. The number of hydrogen-bond donors (Lipinski definition) is 3. The van der Waals surface area contributed by atoms with E-state index in [1.807, 2.05) is 13.0 Å². The lowest BCUT2D eigenvalue weighted by atomic mass is 10.1. The largest absolute Gasteiger partial charge is 0.380 e. The van der Waals surface area contributed by atoms with Gasteiger partial charge in [0.1, 0.15) is 0 Å². The van der Waals surface area contributed by atoms with Crippen LogP contribution < -0.4 is 16.4 Å². The molecule has 1 rings (SSSR count). The summed E-state index contributed by atoms with van der Waals surface area (Å²) in [5.41, 5.74) is 6.42. The monoisotopic (exact) mass is 265 g/mol. The van der Waals surface area contributed by atoms with Gasteiger partial charge < -0.3 is 21.1 Å². The summed E-state index contributed by atoms with van der Waals surface area (Å²) in [6, 6.07) is 6.55. The normalized spacial score (nSPS) is 9.95. The van der Waals surface area contributed by atoms with Gasteiger partial charge in [0.05, 0.1) is 6.61 Å². The van der Waals surface area contributed by atoms with E-state index in [0.29, 0.717) is 31.9 Å². The molecule has 0 aromatic heterocycles. The molecule has 0 radical (unpaired) electrons. The molecule has 1 aromatic rings. The highest BCUT2D eigenvalue weighted by atomic mass is 16.5. The Morgan fingerprint density at radius 3 is 2.79 bits per heavy atom. The maximum absolute atomic E-state index is 11.4. The molecular weight excluding hydrogens is 246 g/mol. The van der Waals surface area contributed by atoms with Crippen molar-refractivity contribution in [1.29, 1.82) is 0 Å². The van der Waals surface area contributed by atoms with Crippen LogP contribution >= 0.6 is 0 Å². The van der Waals surface area contributed by atoms with Crippen molar-refractivity contribution in [3.8, 4) is 0 Å². The van der Waals surface area contributed by atoms with E-state index in [0.717, 1.165) is 5.56 Å². The fraction of sp³-hybridized carbons (Fsp3) is 0.385. The third kappa shape index (κ3) is 5.87. The molecule has 1 aromatic carbocycles. The quantitative estimate of drug-likeness (QED) is 0.631. The van der Waals surface area contributed by atoms with Gasteiger partial charge in [-0.25, -0.2) is 4.79 Å². The van der Waals surface area contributed by atoms with Crippen LogP contribution in [0.4, 0.5) is 4.79 Å². The zero-order valence-corrected chi connectivity index (χ0v) is 10.9. The summed E-state index contributed by atoms with van der Waals surface area (Å²) in [6.45, 7) is 3.80. The summed E-state index contributed by atoms with van der Waals surface area (Å²) in [6.07, 6.45) is 0. The highest BCUT2D eigenvalue weighted by Gasteiger charge is 2.03. The molecule has 0 spiro atoms. The smallest absolute Gasteiger partial charge is 0.315 e. The van der Waals surface area contributed by atoms with Gasteiger partial charge in [0.15, 0.2) is 0 Å². The van der Waals surface area contributed by atoms with Gasteiger partial charge in [0.25, 0.3) is 0 Å². The topological polar surface area (TPSA) is 93.4 Å². The molecule has 0 aliphatic rings. The van der Waals surface area contributed by atoms with Crippen molar-refractivity contribution in [1.82, 2.24) is 10.6 Å². The number of benzene rings is 1. The maximum Gasteiger partial charge on any atom is 0.315 e. The molecule has 19 heavy (non-hydrogen) atoms. The van der Waals surface area contributed by atoms with Gasteiger partial charge in [-0.05, 0) is 24.6 Å². The molecular formula is C13H19N3O3. The van der Waals surface area contributed by atoms with Crippen molar-refractivity contribution in [2.45, 2.75) is 13.5 Å². The predicted molar refractivity (Wildman–Crippen MR) is 71.7 cm³/mol. The van der Waals surface area contributed by atoms with Gasteiger partial charge in [-0.2, -0.15) is 0 Å². The lowest BCUT2D eigenvalue weighted by Gasteiger charge is -2.08. The molecule has 0 bridgehead atoms. The Bertz CT molecular complexity index is 435. The van der Waals surface area contributed by atoms with Crippen LogP contribution in [-0.2, 0) is 11.3 Å². The van der Waals surface area contributed by atoms with Crippen LogP contribution in [0.25, 0.3) is 0 Å². The molecule has 0 atom stereocenters. The summed E-state index contributed by atoms with van der Waals surface area (Å²) in [5.74, 6) is -0.483. The molecule has 0 fully saturated rings. The van der Waals surface area contributed by atoms with Crippen molar-refractivity contribution >= 4 is 11.9 Å². The lowest BCUT2D eigenvalue weighted by Crippen LogP contribution is -2.36. The molecule has 3 amide bonds. The molecule has 0 saturated carbocycles. The Morgan fingerprint density at radius 1 is 1.32 bits per heavy atom. The Morgan fingerprint density at radius 2 is 2.11 bits per heavy atom. The molecule has 6 nitrogen and oxygen atoms in total. The second kappa shape index (κ2) is 8.10. The first-order valence-electron chi connectivity index (χ1n) is 6.11. The van der Waals surface area contributed by atoms with E-state index < -0.39 is 5.91 Å². The molecule has 0 saturated heterocycles. The number of carbonyl (C=O) groups excluding carboxylic acids is 2. The summed E-state index contributed by atoms with van der Waals surface area (Å²) >= 11 is 0. The van der Waals surface area contributed by atoms with Gasteiger partial charge in [0, 0.05) is 25.3 Å². The molecule has 4 N–H and O–H groups in total. The van der Waals surface area contributed by atoms with Gasteiger partial charge >= 0.3 is 6.03 Å². The zero-order chi connectivity index (χ0) is 14.1. The van der Waals surface area contributed by atoms with E-state index in [1.54, 1.807) is 18.2 Å². The maximum atomic E-state index is 11.4. The van der Waals surface area contributed by atoms with Crippen molar-refractivity contribution in [2.24, 2.45) is 5.73 Å². The molecule has 0 aliphatic carbocycles. The third-order valence-corrected chi connectivity index (χ3v) is 2.40. The first-order chi connectivity index (χ1) is 9.13. The second-order valence-corrected chi connectivity index (χ2v) is 3.87. The molecule has 6 heteroatoms. The van der Waals surface area contributed by atoms with Crippen molar-refractivity contribution in [3.63, 3.8) is 0 Å². The minimum atomic E-state index is -0.483. The summed E-state index contributed by atoms with van der Waals surface area (Å²) in [7, 11) is 0. The first kappa shape index (κ1) is 15.0. The highest BCUT2D eigenvalue weighted by Crippen LogP contribution is 2.04. The summed E-state index contributed by atoms with van der Waals surface area (Å²) in [5, 5.41) is 5.34. The average molecular weight is 265 g/mol.